The number of methoxy groups -OCH3 is 1. The van der Waals surface area contributed by atoms with Crippen LogP contribution in [-0.2, 0) is 14.3 Å². The van der Waals surface area contributed by atoms with Gasteiger partial charge < -0.3 is 15.4 Å². The summed E-state index contributed by atoms with van der Waals surface area (Å²) >= 11 is 0. The fourth-order valence-corrected chi connectivity index (χ4v) is 1.57. The van der Waals surface area contributed by atoms with Crippen LogP contribution in [0.5, 0.6) is 0 Å². The van der Waals surface area contributed by atoms with E-state index in [-0.39, 0.29) is 17.8 Å². The highest BCUT2D eigenvalue weighted by Crippen LogP contribution is 2.16. The summed E-state index contributed by atoms with van der Waals surface area (Å²) in [5, 5.41) is 0. The molecule has 0 atom stereocenters. The Labute approximate surface area is 88.9 Å². The molecule has 1 rings (SSSR count). The molecule has 1 amide bonds. The van der Waals surface area contributed by atoms with E-state index in [1.165, 1.54) is 13.2 Å². The number of nitrogens with two attached hydrogens (primary N) is 1. The first-order valence-electron chi connectivity index (χ1n) is 4.93. The molecule has 0 spiro atoms. The second-order valence-electron chi connectivity index (χ2n) is 3.55. The van der Waals surface area contributed by atoms with Crippen LogP contribution in [-0.4, -0.2) is 37.0 Å². The molecule has 0 aromatic carbocycles. The van der Waals surface area contributed by atoms with E-state index in [4.69, 9.17) is 5.73 Å². The summed E-state index contributed by atoms with van der Waals surface area (Å²) in [6, 6.07) is 0. The summed E-state index contributed by atoms with van der Waals surface area (Å²) in [5.41, 5.74) is 5.21. The topological polar surface area (TPSA) is 72.6 Å². The molecular weight excluding hydrogens is 196 g/mol. The molecule has 5 nitrogen and oxygen atoms in total. The average molecular weight is 212 g/mol. The van der Waals surface area contributed by atoms with Gasteiger partial charge in [0.2, 0.25) is 5.91 Å². The van der Waals surface area contributed by atoms with E-state index >= 15 is 0 Å². The molecule has 2 N–H and O–H groups in total. The van der Waals surface area contributed by atoms with Crippen molar-refractivity contribution in [1.82, 2.24) is 4.90 Å². The molecule has 1 aliphatic rings. The van der Waals surface area contributed by atoms with Crippen LogP contribution in [0.25, 0.3) is 0 Å². The largest absolute Gasteiger partial charge is 0.466 e. The van der Waals surface area contributed by atoms with Gasteiger partial charge in [-0.15, -0.1) is 0 Å². The van der Waals surface area contributed by atoms with Crippen molar-refractivity contribution in [3.8, 4) is 0 Å². The second kappa shape index (κ2) is 5.38. The van der Waals surface area contributed by atoms with Crippen molar-refractivity contribution in [1.29, 1.82) is 0 Å². The van der Waals surface area contributed by atoms with E-state index in [2.05, 4.69) is 4.74 Å². The fourth-order valence-electron chi connectivity index (χ4n) is 1.57. The quantitative estimate of drug-likeness (QED) is 0.522. The van der Waals surface area contributed by atoms with Gasteiger partial charge in [0.25, 0.3) is 0 Å². The molecule has 0 aliphatic carbocycles. The second-order valence-corrected chi connectivity index (χ2v) is 3.55. The first-order valence-corrected chi connectivity index (χ1v) is 4.93. The van der Waals surface area contributed by atoms with Gasteiger partial charge in [0.1, 0.15) is 0 Å². The van der Waals surface area contributed by atoms with Gasteiger partial charge in [-0.05, 0) is 12.8 Å². The number of primary amides is 1. The van der Waals surface area contributed by atoms with Crippen molar-refractivity contribution in [3.05, 3.63) is 12.3 Å². The normalized spacial score (nSPS) is 18.1. The van der Waals surface area contributed by atoms with E-state index in [0.29, 0.717) is 0 Å². The van der Waals surface area contributed by atoms with Crippen LogP contribution in [0.2, 0.25) is 0 Å². The molecule has 1 heterocycles. The van der Waals surface area contributed by atoms with Crippen molar-refractivity contribution in [2.45, 2.75) is 12.8 Å². The van der Waals surface area contributed by atoms with E-state index in [9.17, 15) is 9.59 Å². The van der Waals surface area contributed by atoms with Crippen molar-refractivity contribution in [2.75, 3.05) is 20.2 Å². The zero-order chi connectivity index (χ0) is 11.3. The van der Waals surface area contributed by atoms with Crippen molar-refractivity contribution < 1.29 is 14.3 Å². The molecule has 1 fully saturated rings. The van der Waals surface area contributed by atoms with Crippen LogP contribution in [0, 0.1) is 5.92 Å². The lowest BCUT2D eigenvalue weighted by molar-refractivity contribution is -0.135. The third-order valence-corrected chi connectivity index (χ3v) is 2.55. The number of likely N-dealkylation sites (tertiary alicyclic amines) is 1. The Morgan fingerprint density at radius 3 is 2.47 bits per heavy atom. The maximum absolute atomic E-state index is 10.9. The summed E-state index contributed by atoms with van der Waals surface area (Å²) in [6.45, 7) is 1.50. The molecule has 0 saturated carbocycles. The number of ether oxygens (including phenoxy) is 1. The third-order valence-electron chi connectivity index (χ3n) is 2.55. The number of esters is 1. The zero-order valence-electron chi connectivity index (χ0n) is 8.81. The smallest absolute Gasteiger partial charge is 0.331 e. The van der Waals surface area contributed by atoms with Gasteiger partial charge in [0.15, 0.2) is 0 Å². The highest BCUT2D eigenvalue weighted by Gasteiger charge is 2.21. The number of carbonyl (C=O) groups is 2. The van der Waals surface area contributed by atoms with Crippen LogP contribution < -0.4 is 5.73 Å². The van der Waals surface area contributed by atoms with Crippen LogP contribution in [0.3, 0.4) is 0 Å². The van der Waals surface area contributed by atoms with Crippen LogP contribution in [0.4, 0.5) is 0 Å². The van der Waals surface area contributed by atoms with Crippen molar-refractivity contribution in [3.63, 3.8) is 0 Å². The predicted octanol–water partition coefficient (Wildman–Crippen LogP) is -0.130. The fraction of sp³-hybridized carbons (Fsp3) is 0.600. The molecule has 0 bridgehead atoms. The Kier molecular flexibility index (Phi) is 4.15. The summed E-state index contributed by atoms with van der Waals surface area (Å²) in [7, 11) is 1.34. The molecule has 0 unspecified atom stereocenters. The minimum atomic E-state index is -0.368. The number of hydrogen-bond donors (Lipinski definition) is 1. The Morgan fingerprint density at radius 2 is 2.00 bits per heavy atom. The zero-order valence-corrected chi connectivity index (χ0v) is 8.81. The SMILES string of the molecule is COC(=O)C=CN1CCC(C(N)=O)CC1. The summed E-state index contributed by atoms with van der Waals surface area (Å²) < 4.78 is 4.47. The standard InChI is InChI=1S/C10H16N2O3/c1-15-9(13)4-7-12-5-2-8(3-6-12)10(11)14/h4,7-8H,2-3,5-6H2,1H3,(H2,11,14). The molecule has 1 saturated heterocycles. The maximum Gasteiger partial charge on any atom is 0.331 e. The van der Waals surface area contributed by atoms with Gasteiger partial charge in [0, 0.05) is 31.3 Å². The number of piperidine rings is 1. The van der Waals surface area contributed by atoms with Crippen LogP contribution >= 0.6 is 0 Å². The highest BCUT2D eigenvalue weighted by molar-refractivity contribution is 5.81. The molecule has 0 aromatic rings. The van der Waals surface area contributed by atoms with E-state index in [1.807, 2.05) is 4.90 Å². The van der Waals surface area contributed by atoms with Gasteiger partial charge >= 0.3 is 5.97 Å². The van der Waals surface area contributed by atoms with Crippen molar-refractivity contribution in [2.24, 2.45) is 11.7 Å². The lowest BCUT2D eigenvalue weighted by Crippen LogP contribution is -2.35. The minimum Gasteiger partial charge on any atom is -0.466 e. The predicted molar refractivity (Wildman–Crippen MR) is 54.6 cm³/mol. The summed E-state index contributed by atoms with van der Waals surface area (Å²) in [5.74, 6) is -0.619. The van der Waals surface area contributed by atoms with E-state index in [1.54, 1.807) is 6.20 Å². The van der Waals surface area contributed by atoms with E-state index in [0.717, 1.165) is 25.9 Å². The number of rotatable bonds is 3. The van der Waals surface area contributed by atoms with Gasteiger partial charge in [0.05, 0.1) is 7.11 Å². The Balaban J connectivity index is 2.34. The third kappa shape index (κ3) is 3.61. The number of nitrogens with zero attached hydrogens (tertiary/aromatic N) is 1. The number of hydrogen-bond acceptors (Lipinski definition) is 4. The molecule has 15 heavy (non-hydrogen) atoms. The lowest BCUT2D eigenvalue weighted by Gasteiger charge is -2.29. The van der Waals surface area contributed by atoms with Gasteiger partial charge in [-0.1, -0.05) is 0 Å². The molecule has 84 valence electrons. The molecular formula is C10H16N2O3. The number of amides is 1. The average Bonchev–Trinajstić information content (AvgIpc) is 2.26. The number of carbonyl (C=O) groups excluding carboxylic acids is 2. The summed E-state index contributed by atoms with van der Waals surface area (Å²) in [6.07, 6.45) is 4.58. The maximum atomic E-state index is 10.9. The molecule has 0 radical (unpaired) electrons. The van der Waals surface area contributed by atoms with Crippen LogP contribution in [0.1, 0.15) is 12.8 Å². The Hall–Kier alpha value is -1.52. The van der Waals surface area contributed by atoms with Gasteiger partial charge in [-0.2, -0.15) is 0 Å². The first-order chi connectivity index (χ1) is 7.13. The van der Waals surface area contributed by atoms with Crippen LogP contribution in [0.15, 0.2) is 12.3 Å². The summed E-state index contributed by atoms with van der Waals surface area (Å²) in [4.78, 5) is 23.7. The minimum absolute atomic E-state index is 0.0206. The van der Waals surface area contributed by atoms with Crippen molar-refractivity contribution >= 4 is 11.9 Å². The highest BCUT2D eigenvalue weighted by atomic mass is 16.5. The molecule has 0 aromatic heterocycles. The lowest BCUT2D eigenvalue weighted by atomic mass is 9.97. The van der Waals surface area contributed by atoms with E-state index < -0.39 is 0 Å². The Bertz CT molecular complexity index is 268. The van der Waals surface area contributed by atoms with Gasteiger partial charge in [-0.25, -0.2) is 4.79 Å². The molecule has 1 aliphatic heterocycles. The monoisotopic (exact) mass is 212 g/mol. The Morgan fingerprint density at radius 1 is 1.40 bits per heavy atom. The first kappa shape index (κ1) is 11.6. The van der Waals surface area contributed by atoms with Gasteiger partial charge in [-0.3, -0.25) is 4.79 Å². The molecule has 5 heteroatoms.